The van der Waals surface area contributed by atoms with Crippen LogP contribution in [0.3, 0.4) is 0 Å². The highest BCUT2D eigenvalue weighted by Gasteiger charge is 1.89. The molecule has 0 radical (unpaired) electrons. The summed E-state index contributed by atoms with van der Waals surface area (Å²) in [6.07, 6.45) is 2.54. The SMILES string of the molecule is CCCOCn1cnnn1. The molecule has 1 aromatic rings. The van der Waals surface area contributed by atoms with Crippen LogP contribution in [0.2, 0.25) is 0 Å². The molecule has 1 heterocycles. The van der Waals surface area contributed by atoms with Gasteiger partial charge >= 0.3 is 0 Å². The van der Waals surface area contributed by atoms with Crippen molar-refractivity contribution < 1.29 is 4.74 Å². The molecule has 0 unspecified atom stereocenters. The molecule has 1 rings (SSSR count). The first-order valence-corrected chi connectivity index (χ1v) is 3.22. The third kappa shape index (κ3) is 2.10. The van der Waals surface area contributed by atoms with Crippen molar-refractivity contribution in [3.8, 4) is 0 Å². The maximum atomic E-state index is 5.15. The summed E-state index contributed by atoms with van der Waals surface area (Å²) in [4.78, 5) is 0. The maximum absolute atomic E-state index is 5.15. The van der Waals surface area contributed by atoms with Gasteiger partial charge < -0.3 is 4.74 Å². The Morgan fingerprint density at radius 2 is 2.50 bits per heavy atom. The van der Waals surface area contributed by atoms with E-state index in [4.69, 9.17) is 4.74 Å². The van der Waals surface area contributed by atoms with Crippen molar-refractivity contribution in [3.63, 3.8) is 0 Å². The number of tetrazole rings is 1. The standard InChI is InChI=1S/C5H10N4O/c1-2-3-10-5-9-4-6-7-8-9/h4H,2-3,5H2,1H3. The third-order valence-corrected chi connectivity index (χ3v) is 0.963. The van der Waals surface area contributed by atoms with Gasteiger partial charge in [0.15, 0.2) is 0 Å². The zero-order valence-electron chi connectivity index (χ0n) is 5.90. The summed E-state index contributed by atoms with van der Waals surface area (Å²) >= 11 is 0. The van der Waals surface area contributed by atoms with Gasteiger partial charge in [-0.05, 0) is 16.8 Å². The van der Waals surface area contributed by atoms with Crippen LogP contribution < -0.4 is 0 Å². The van der Waals surface area contributed by atoms with E-state index in [9.17, 15) is 0 Å². The second kappa shape index (κ2) is 3.94. The second-order valence-electron chi connectivity index (χ2n) is 1.89. The summed E-state index contributed by atoms with van der Waals surface area (Å²) < 4.78 is 6.68. The Kier molecular flexibility index (Phi) is 2.82. The van der Waals surface area contributed by atoms with Crippen molar-refractivity contribution in [2.75, 3.05) is 6.61 Å². The summed E-state index contributed by atoms with van der Waals surface area (Å²) in [6.45, 7) is 3.25. The van der Waals surface area contributed by atoms with Crippen molar-refractivity contribution in [1.29, 1.82) is 0 Å². The number of rotatable bonds is 4. The Morgan fingerprint density at radius 3 is 3.10 bits per heavy atom. The average Bonchev–Trinajstić information content (AvgIpc) is 2.41. The molecule has 0 bridgehead atoms. The largest absolute Gasteiger partial charge is 0.359 e. The summed E-state index contributed by atoms with van der Waals surface area (Å²) in [5, 5.41) is 10.5. The fourth-order valence-corrected chi connectivity index (χ4v) is 0.542. The van der Waals surface area contributed by atoms with Crippen LogP contribution in [-0.4, -0.2) is 26.8 Å². The van der Waals surface area contributed by atoms with Gasteiger partial charge in [0.05, 0.1) is 0 Å². The number of hydrogen-bond donors (Lipinski definition) is 0. The highest BCUT2D eigenvalue weighted by molar-refractivity contribution is 4.39. The van der Waals surface area contributed by atoms with E-state index in [1.807, 2.05) is 0 Å². The normalized spacial score (nSPS) is 10.1. The lowest BCUT2D eigenvalue weighted by Gasteiger charge is -1.98. The molecular weight excluding hydrogens is 132 g/mol. The fraction of sp³-hybridized carbons (Fsp3) is 0.800. The Bertz CT molecular complexity index is 162. The van der Waals surface area contributed by atoms with Gasteiger partial charge in [0.25, 0.3) is 0 Å². The third-order valence-electron chi connectivity index (χ3n) is 0.963. The van der Waals surface area contributed by atoms with Gasteiger partial charge in [-0.1, -0.05) is 6.92 Å². The molecule has 5 heteroatoms. The predicted molar refractivity (Wildman–Crippen MR) is 34.1 cm³/mol. The summed E-state index contributed by atoms with van der Waals surface area (Å²) in [7, 11) is 0. The first kappa shape index (κ1) is 7.14. The summed E-state index contributed by atoms with van der Waals surface area (Å²) in [6, 6.07) is 0. The molecule has 0 fully saturated rings. The van der Waals surface area contributed by atoms with E-state index in [1.165, 1.54) is 11.0 Å². The molecule has 0 aliphatic rings. The molecule has 0 spiro atoms. The first-order valence-electron chi connectivity index (χ1n) is 3.22. The minimum Gasteiger partial charge on any atom is -0.359 e. The molecule has 0 saturated heterocycles. The van der Waals surface area contributed by atoms with Gasteiger partial charge in [-0.15, -0.1) is 5.10 Å². The Morgan fingerprint density at radius 1 is 1.60 bits per heavy atom. The lowest BCUT2D eigenvalue weighted by atomic mass is 10.5. The zero-order valence-corrected chi connectivity index (χ0v) is 5.90. The number of aromatic nitrogens is 4. The molecular formula is C5H10N4O. The minimum absolute atomic E-state index is 0.445. The molecule has 0 atom stereocenters. The van der Waals surface area contributed by atoms with Gasteiger partial charge in [-0.2, -0.15) is 0 Å². The van der Waals surface area contributed by atoms with Crippen molar-refractivity contribution in [3.05, 3.63) is 6.33 Å². The van der Waals surface area contributed by atoms with E-state index < -0.39 is 0 Å². The van der Waals surface area contributed by atoms with Crippen LogP contribution in [0.1, 0.15) is 13.3 Å². The Labute approximate surface area is 59.0 Å². The van der Waals surface area contributed by atoms with Crippen molar-refractivity contribution in [2.24, 2.45) is 0 Å². The van der Waals surface area contributed by atoms with Gasteiger partial charge in [-0.3, -0.25) is 0 Å². The highest BCUT2D eigenvalue weighted by atomic mass is 16.5. The molecule has 0 aliphatic carbocycles. The van der Waals surface area contributed by atoms with Crippen LogP contribution in [0, 0.1) is 0 Å². The maximum Gasteiger partial charge on any atom is 0.142 e. The van der Waals surface area contributed by atoms with E-state index in [1.54, 1.807) is 0 Å². The first-order chi connectivity index (χ1) is 4.93. The highest BCUT2D eigenvalue weighted by Crippen LogP contribution is 1.83. The van der Waals surface area contributed by atoms with E-state index in [-0.39, 0.29) is 0 Å². The van der Waals surface area contributed by atoms with Crippen LogP contribution in [0.15, 0.2) is 6.33 Å². The molecule has 5 nitrogen and oxygen atoms in total. The minimum atomic E-state index is 0.445. The topological polar surface area (TPSA) is 52.8 Å². The monoisotopic (exact) mass is 142 g/mol. The van der Waals surface area contributed by atoms with Crippen molar-refractivity contribution >= 4 is 0 Å². The molecule has 10 heavy (non-hydrogen) atoms. The lowest BCUT2D eigenvalue weighted by Crippen LogP contribution is -2.03. The van der Waals surface area contributed by atoms with Crippen LogP contribution in [-0.2, 0) is 11.5 Å². The summed E-state index contributed by atoms with van der Waals surface area (Å²) in [5.74, 6) is 0. The van der Waals surface area contributed by atoms with E-state index >= 15 is 0 Å². The quantitative estimate of drug-likeness (QED) is 0.558. The fourth-order valence-electron chi connectivity index (χ4n) is 0.542. The van der Waals surface area contributed by atoms with Crippen molar-refractivity contribution in [1.82, 2.24) is 20.2 Å². The molecule has 0 aromatic carbocycles. The average molecular weight is 142 g/mol. The van der Waals surface area contributed by atoms with Gasteiger partial charge in [0.1, 0.15) is 13.1 Å². The van der Waals surface area contributed by atoms with Gasteiger partial charge in [-0.25, -0.2) is 4.68 Å². The molecule has 0 saturated carbocycles. The molecule has 1 aromatic heterocycles. The van der Waals surface area contributed by atoms with Crippen molar-refractivity contribution in [2.45, 2.75) is 20.1 Å². The number of nitrogens with zero attached hydrogens (tertiary/aromatic N) is 4. The Hall–Kier alpha value is -0.970. The van der Waals surface area contributed by atoms with Gasteiger partial charge in [0, 0.05) is 6.61 Å². The molecule has 0 aliphatic heterocycles. The van der Waals surface area contributed by atoms with Crippen LogP contribution in [0.5, 0.6) is 0 Å². The molecule has 56 valence electrons. The van der Waals surface area contributed by atoms with Crippen LogP contribution in [0.25, 0.3) is 0 Å². The van der Waals surface area contributed by atoms with E-state index in [0.717, 1.165) is 13.0 Å². The van der Waals surface area contributed by atoms with E-state index in [2.05, 4.69) is 22.4 Å². The molecule has 0 N–H and O–H groups in total. The summed E-state index contributed by atoms with van der Waals surface area (Å²) in [5.41, 5.74) is 0. The number of hydrogen-bond acceptors (Lipinski definition) is 4. The molecule has 0 amide bonds. The van der Waals surface area contributed by atoms with Crippen LogP contribution >= 0.6 is 0 Å². The smallest absolute Gasteiger partial charge is 0.142 e. The second-order valence-corrected chi connectivity index (χ2v) is 1.89. The van der Waals surface area contributed by atoms with Gasteiger partial charge in [0.2, 0.25) is 0 Å². The Balaban J connectivity index is 2.15. The number of ether oxygens (including phenoxy) is 1. The zero-order chi connectivity index (χ0) is 7.23. The lowest BCUT2D eigenvalue weighted by molar-refractivity contribution is 0.0680. The van der Waals surface area contributed by atoms with Crippen LogP contribution in [0.4, 0.5) is 0 Å². The predicted octanol–water partition coefficient (Wildman–Crippen LogP) is 0.0572. The van der Waals surface area contributed by atoms with E-state index in [0.29, 0.717) is 6.73 Å².